The number of anilines is 1. The summed E-state index contributed by atoms with van der Waals surface area (Å²) in [4.78, 5) is 26.6. The number of imidazole rings is 1. The van der Waals surface area contributed by atoms with Crippen LogP contribution in [0, 0.1) is 0 Å². The summed E-state index contributed by atoms with van der Waals surface area (Å²) in [6, 6.07) is 15.0. The predicted octanol–water partition coefficient (Wildman–Crippen LogP) is 4.43. The Balaban J connectivity index is 1.42. The van der Waals surface area contributed by atoms with Crippen molar-refractivity contribution in [3.63, 3.8) is 0 Å². The molecule has 2 atom stereocenters. The van der Waals surface area contributed by atoms with Crippen LogP contribution in [0.5, 0.6) is 5.75 Å². The number of amides is 1. The maximum Gasteiger partial charge on any atom is 0.251 e. The molecule has 35 heavy (non-hydrogen) atoms. The van der Waals surface area contributed by atoms with Crippen molar-refractivity contribution in [2.24, 2.45) is 4.99 Å². The Kier molecular flexibility index (Phi) is 6.18. The van der Waals surface area contributed by atoms with E-state index < -0.39 is 0 Å². The molecule has 8 nitrogen and oxygen atoms in total. The minimum Gasteiger partial charge on any atom is -0.497 e. The largest absolute Gasteiger partial charge is 0.497 e. The van der Waals surface area contributed by atoms with E-state index in [0.29, 0.717) is 17.0 Å². The van der Waals surface area contributed by atoms with E-state index in [1.165, 1.54) is 0 Å². The maximum absolute atomic E-state index is 13.1. The standard InChI is InChI=1S/C27H28N6O2/c1-17(18-8-10-22(35-2)11-9-18)31-27(34)20-6-3-5-19(13-20)24-15-30-25(28)26-32-23(16-33(24)26)21-7-4-12-29-14-21/h3,5-6,8-13,15-17,21H,4,7,14H2,1-2H3,(H2,28,30)(H,31,34)/t17-,21?/m0/s1. The Bertz CT molecular complexity index is 1390. The summed E-state index contributed by atoms with van der Waals surface area (Å²) in [5, 5.41) is 3.07. The van der Waals surface area contributed by atoms with Crippen LogP contribution in [-0.2, 0) is 0 Å². The normalized spacial score (nSPS) is 16.2. The Morgan fingerprint density at radius 2 is 2.06 bits per heavy atom. The maximum atomic E-state index is 13.1. The first-order valence-electron chi connectivity index (χ1n) is 11.7. The molecule has 1 amide bonds. The molecule has 3 heterocycles. The number of nitrogens with one attached hydrogen (secondary N) is 1. The first kappa shape index (κ1) is 22.6. The number of methoxy groups -OCH3 is 1. The Morgan fingerprint density at radius 3 is 2.80 bits per heavy atom. The summed E-state index contributed by atoms with van der Waals surface area (Å²) in [5.41, 5.74) is 11.0. The number of nitrogens with zero attached hydrogens (tertiary/aromatic N) is 4. The lowest BCUT2D eigenvalue weighted by molar-refractivity contribution is 0.0940. The van der Waals surface area contributed by atoms with Gasteiger partial charge >= 0.3 is 0 Å². The number of nitrogens with two attached hydrogens (primary N) is 1. The fraction of sp³-hybridized carbons (Fsp3) is 0.259. The third kappa shape index (κ3) is 4.59. The number of fused-ring (bicyclic) bond motifs is 1. The van der Waals surface area contributed by atoms with Crippen LogP contribution in [0.2, 0.25) is 0 Å². The van der Waals surface area contributed by atoms with E-state index in [9.17, 15) is 4.79 Å². The average molecular weight is 469 g/mol. The predicted molar refractivity (Wildman–Crippen MR) is 137 cm³/mol. The number of carbonyl (C=O) groups is 1. The van der Waals surface area contributed by atoms with Gasteiger partial charge in [0.2, 0.25) is 0 Å². The molecule has 5 rings (SSSR count). The summed E-state index contributed by atoms with van der Waals surface area (Å²) < 4.78 is 7.18. The molecule has 0 saturated heterocycles. The number of benzene rings is 2. The molecule has 2 aromatic carbocycles. The zero-order valence-electron chi connectivity index (χ0n) is 19.8. The third-order valence-corrected chi connectivity index (χ3v) is 6.44. The van der Waals surface area contributed by atoms with E-state index in [1.807, 2.05) is 66.2 Å². The van der Waals surface area contributed by atoms with Crippen LogP contribution in [0.15, 0.2) is 65.9 Å². The molecule has 4 aromatic rings. The van der Waals surface area contributed by atoms with Gasteiger partial charge in [-0.2, -0.15) is 0 Å². The Morgan fingerprint density at radius 1 is 1.23 bits per heavy atom. The lowest BCUT2D eigenvalue weighted by atomic mass is 9.98. The van der Waals surface area contributed by atoms with E-state index in [4.69, 9.17) is 15.5 Å². The molecular weight excluding hydrogens is 440 g/mol. The Labute approximate surface area is 203 Å². The second kappa shape index (κ2) is 9.58. The Hall–Kier alpha value is -4.20. The summed E-state index contributed by atoms with van der Waals surface area (Å²) in [6.07, 6.45) is 7.68. The smallest absolute Gasteiger partial charge is 0.251 e. The first-order chi connectivity index (χ1) is 17.0. The molecular formula is C27H28N6O2. The lowest BCUT2D eigenvalue weighted by Crippen LogP contribution is -2.26. The van der Waals surface area contributed by atoms with Crippen molar-refractivity contribution in [3.05, 3.63) is 77.7 Å². The zero-order valence-corrected chi connectivity index (χ0v) is 19.8. The molecule has 2 aromatic heterocycles. The van der Waals surface area contributed by atoms with Gasteiger partial charge in [-0.1, -0.05) is 24.3 Å². The molecule has 8 heteroatoms. The van der Waals surface area contributed by atoms with E-state index in [2.05, 4.69) is 15.3 Å². The van der Waals surface area contributed by atoms with Gasteiger partial charge < -0.3 is 15.8 Å². The molecule has 1 unspecified atom stereocenters. The fourth-order valence-electron chi connectivity index (χ4n) is 4.40. The van der Waals surface area contributed by atoms with E-state index in [1.54, 1.807) is 19.4 Å². The molecule has 0 radical (unpaired) electrons. The molecule has 0 aliphatic carbocycles. The van der Waals surface area contributed by atoms with Crippen LogP contribution in [0.4, 0.5) is 5.82 Å². The summed E-state index contributed by atoms with van der Waals surface area (Å²) in [6.45, 7) is 2.69. The van der Waals surface area contributed by atoms with Crippen molar-refractivity contribution in [2.75, 3.05) is 19.4 Å². The first-order valence-corrected chi connectivity index (χ1v) is 11.7. The fourth-order valence-corrected chi connectivity index (χ4v) is 4.40. The molecule has 3 N–H and O–H groups in total. The minimum atomic E-state index is -0.156. The molecule has 0 spiro atoms. The number of nitrogen functional groups attached to an aromatic ring is 1. The topological polar surface area (TPSA) is 107 Å². The van der Waals surface area contributed by atoms with Crippen molar-refractivity contribution in [1.29, 1.82) is 0 Å². The third-order valence-electron chi connectivity index (χ3n) is 6.44. The van der Waals surface area contributed by atoms with Crippen molar-refractivity contribution in [1.82, 2.24) is 19.7 Å². The summed E-state index contributed by atoms with van der Waals surface area (Å²) >= 11 is 0. The van der Waals surface area contributed by atoms with Gasteiger partial charge in [-0.25, -0.2) is 9.97 Å². The highest BCUT2D eigenvalue weighted by Crippen LogP contribution is 2.29. The average Bonchev–Trinajstić information content (AvgIpc) is 3.36. The van der Waals surface area contributed by atoms with Crippen LogP contribution < -0.4 is 15.8 Å². The van der Waals surface area contributed by atoms with Gasteiger partial charge in [0, 0.05) is 29.8 Å². The number of hydrogen-bond acceptors (Lipinski definition) is 6. The molecule has 0 bridgehead atoms. The van der Waals surface area contributed by atoms with Gasteiger partial charge in [-0.3, -0.25) is 14.2 Å². The van der Waals surface area contributed by atoms with Gasteiger partial charge in [0.05, 0.1) is 30.7 Å². The molecule has 1 aliphatic heterocycles. The van der Waals surface area contributed by atoms with Crippen LogP contribution in [0.3, 0.4) is 0 Å². The van der Waals surface area contributed by atoms with Crippen LogP contribution in [-0.4, -0.2) is 40.1 Å². The highest BCUT2D eigenvalue weighted by Gasteiger charge is 2.20. The number of aliphatic imine (C=N–C) groups is 1. The van der Waals surface area contributed by atoms with Crippen LogP contribution in [0.25, 0.3) is 16.9 Å². The summed E-state index contributed by atoms with van der Waals surface area (Å²) in [7, 11) is 1.63. The van der Waals surface area contributed by atoms with Gasteiger partial charge in [-0.15, -0.1) is 0 Å². The van der Waals surface area contributed by atoms with Gasteiger partial charge in [-0.05, 0) is 55.8 Å². The van der Waals surface area contributed by atoms with E-state index in [-0.39, 0.29) is 17.9 Å². The number of hydrogen-bond donors (Lipinski definition) is 2. The highest BCUT2D eigenvalue weighted by atomic mass is 16.5. The number of aromatic nitrogens is 3. The lowest BCUT2D eigenvalue weighted by Gasteiger charge is -2.15. The van der Waals surface area contributed by atoms with Gasteiger partial charge in [0.15, 0.2) is 11.5 Å². The van der Waals surface area contributed by atoms with Crippen molar-refractivity contribution >= 4 is 23.6 Å². The second-order valence-electron chi connectivity index (χ2n) is 8.76. The quantitative estimate of drug-likeness (QED) is 0.435. The van der Waals surface area contributed by atoms with Crippen LogP contribution in [0.1, 0.15) is 53.3 Å². The van der Waals surface area contributed by atoms with Crippen LogP contribution >= 0.6 is 0 Å². The molecule has 1 aliphatic rings. The van der Waals surface area contributed by atoms with E-state index in [0.717, 1.165) is 47.7 Å². The zero-order chi connectivity index (χ0) is 24.4. The summed E-state index contributed by atoms with van der Waals surface area (Å²) in [5.74, 6) is 1.27. The number of ether oxygens (including phenoxy) is 1. The number of carbonyl (C=O) groups excluding carboxylic acids is 1. The van der Waals surface area contributed by atoms with Crippen molar-refractivity contribution < 1.29 is 9.53 Å². The highest BCUT2D eigenvalue weighted by molar-refractivity contribution is 5.95. The minimum absolute atomic E-state index is 0.152. The van der Waals surface area contributed by atoms with Crippen molar-refractivity contribution in [2.45, 2.75) is 31.7 Å². The molecule has 178 valence electrons. The molecule has 0 saturated carbocycles. The molecule has 0 fully saturated rings. The number of rotatable bonds is 6. The van der Waals surface area contributed by atoms with Gasteiger partial charge in [0.25, 0.3) is 5.91 Å². The monoisotopic (exact) mass is 468 g/mol. The SMILES string of the molecule is COc1ccc([C@H](C)NC(=O)c2cccc(-c3cnc(N)c4nc(C5CCC=NC5)cn34)c2)cc1. The van der Waals surface area contributed by atoms with E-state index >= 15 is 0 Å². The second-order valence-corrected chi connectivity index (χ2v) is 8.76. The van der Waals surface area contributed by atoms with Gasteiger partial charge in [0.1, 0.15) is 5.75 Å². The van der Waals surface area contributed by atoms with Crippen molar-refractivity contribution in [3.8, 4) is 17.0 Å².